The maximum absolute atomic E-state index is 12.7. The molecule has 0 aliphatic carbocycles. The molecule has 0 N–H and O–H groups in total. The predicted molar refractivity (Wildman–Crippen MR) is 130 cm³/mol. The van der Waals surface area contributed by atoms with Crippen LogP contribution in [0.3, 0.4) is 0 Å². The summed E-state index contributed by atoms with van der Waals surface area (Å²) < 4.78 is 5.26. The molecule has 2 aromatic carbocycles. The highest BCUT2D eigenvalue weighted by Crippen LogP contribution is 2.23. The lowest BCUT2D eigenvalue weighted by Gasteiger charge is -2.32. The number of nitrogens with zero attached hydrogens (tertiary/aromatic N) is 2. The van der Waals surface area contributed by atoms with E-state index in [-0.39, 0.29) is 5.91 Å². The van der Waals surface area contributed by atoms with Gasteiger partial charge in [-0.1, -0.05) is 36.4 Å². The van der Waals surface area contributed by atoms with E-state index in [2.05, 4.69) is 24.3 Å². The topological polar surface area (TPSA) is 49.9 Å². The molecule has 33 heavy (non-hydrogen) atoms. The Morgan fingerprint density at radius 3 is 2.21 bits per heavy atom. The van der Waals surface area contributed by atoms with E-state index in [1.54, 1.807) is 7.11 Å². The SMILES string of the molecule is COc1cccc(CC(=O)N2CCC(Cc3ccc(CCC(=O)N4CCCC4)cc3)CC2)c1. The summed E-state index contributed by atoms with van der Waals surface area (Å²) in [5.74, 6) is 1.91. The Balaban J connectivity index is 1.19. The summed E-state index contributed by atoms with van der Waals surface area (Å²) >= 11 is 0. The van der Waals surface area contributed by atoms with Crippen molar-refractivity contribution < 1.29 is 14.3 Å². The predicted octanol–water partition coefficient (Wildman–Crippen LogP) is 4.27. The minimum atomic E-state index is 0.203. The lowest BCUT2D eigenvalue weighted by atomic mass is 9.89. The van der Waals surface area contributed by atoms with Gasteiger partial charge in [-0.2, -0.15) is 0 Å². The van der Waals surface area contributed by atoms with Crippen molar-refractivity contribution in [2.45, 2.75) is 51.4 Å². The fraction of sp³-hybridized carbons (Fsp3) is 0.500. The smallest absolute Gasteiger partial charge is 0.226 e. The summed E-state index contributed by atoms with van der Waals surface area (Å²) in [6.45, 7) is 3.54. The number of hydrogen-bond donors (Lipinski definition) is 0. The van der Waals surface area contributed by atoms with E-state index in [0.29, 0.717) is 24.7 Å². The Kier molecular flexibility index (Phi) is 8.03. The van der Waals surface area contributed by atoms with Crippen LogP contribution < -0.4 is 4.74 Å². The van der Waals surface area contributed by atoms with Crippen molar-refractivity contribution in [3.05, 3.63) is 65.2 Å². The third kappa shape index (κ3) is 6.59. The minimum Gasteiger partial charge on any atom is -0.497 e. The number of likely N-dealkylation sites (tertiary alicyclic amines) is 2. The number of carbonyl (C=O) groups is 2. The van der Waals surface area contributed by atoms with Crippen LogP contribution in [-0.4, -0.2) is 54.9 Å². The van der Waals surface area contributed by atoms with Gasteiger partial charge in [-0.3, -0.25) is 9.59 Å². The lowest BCUT2D eigenvalue weighted by molar-refractivity contribution is -0.132. The first-order valence-electron chi connectivity index (χ1n) is 12.4. The van der Waals surface area contributed by atoms with E-state index in [4.69, 9.17) is 4.74 Å². The summed E-state index contributed by atoms with van der Waals surface area (Å²) in [7, 11) is 1.65. The van der Waals surface area contributed by atoms with Crippen molar-refractivity contribution in [2.24, 2.45) is 5.92 Å². The summed E-state index contributed by atoms with van der Waals surface area (Å²) in [6.07, 6.45) is 7.33. The van der Waals surface area contributed by atoms with Crippen LogP contribution in [0.4, 0.5) is 0 Å². The summed E-state index contributed by atoms with van der Waals surface area (Å²) in [5, 5.41) is 0. The molecule has 0 bridgehead atoms. The summed E-state index contributed by atoms with van der Waals surface area (Å²) in [6, 6.07) is 16.6. The molecule has 0 radical (unpaired) electrons. The zero-order valence-corrected chi connectivity index (χ0v) is 19.8. The van der Waals surface area contributed by atoms with Gasteiger partial charge in [0.25, 0.3) is 0 Å². The van der Waals surface area contributed by atoms with Gasteiger partial charge in [0.15, 0.2) is 0 Å². The molecule has 2 amide bonds. The Bertz CT molecular complexity index is 926. The molecule has 4 rings (SSSR count). The zero-order chi connectivity index (χ0) is 23.0. The fourth-order valence-electron chi connectivity index (χ4n) is 5.01. The molecule has 2 aliphatic heterocycles. The van der Waals surface area contributed by atoms with Crippen LogP contribution in [0.25, 0.3) is 0 Å². The van der Waals surface area contributed by atoms with E-state index in [1.165, 1.54) is 11.1 Å². The fourth-order valence-corrected chi connectivity index (χ4v) is 5.01. The molecule has 5 nitrogen and oxygen atoms in total. The Hall–Kier alpha value is -2.82. The first-order chi connectivity index (χ1) is 16.1. The Morgan fingerprint density at radius 2 is 1.52 bits per heavy atom. The highest BCUT2D eigenvalue weighted by molar-refractivity contribution is 5.79. The van der Waals surface area contributed by atoms with Gasteiger partial charge in [0.05, 0.1) is 13.5 Å². The van der Waals surface area contributed by atoms with E-state index in [9.17, 15) is 9.59 Å². The van der Waals surface area contributed by atoms with Gasteiger partial charge in [0.1, 0.15) is 5.75 Å². The van der Waals surface area contributed by atoms with Crippen molar-refractivity contribution in [1.82, 2.24) is 9.80 Å². The number of carbonyl (C=O) groups excluding carboxylic acids is 2. The second-order valence-corrected chi connectivity index (χ2v) is 9.46. The van der Waals surface area contributed by atoms with Crippen LogP contribution >= 0.6 is 0 Å². The average molecular weight is 449 g/mol. The van der Waals surface area contributed by atoms with Crippen molar-refractivity contribution in [2.75, 3.05) is 33.3 Å². The Morgan fingerprint density at radius 1 is 0.848 bits per heavy atom. The van der Waals surface area contributed by atoms with Gasteiger partial charge >= 0.3 is 0 Å². The van der Waals surface area contributed by atoms with E-state index in [0.717, 1.165) is 76.0 Å². The minimum absolute atomic E-state index is 0.203. The van der Waals surface area contributed by atoms with Gasteiger partial charge in [-0.25, -0.2) is 0 Å². The number of aryl methyl sites for hydroxylation is 1. The maximum Gasteiger partial charge on any atom is 0.226 e. The second kappa shape index (κ2) is 11.4. The first-order valence-corrected chi connectivity index (χ1v) is 12.4. The quantitative estimate of drug-likeness (QED) is 0.606. The normalized spacial score (nSPS) is 16.8. The molecule has 0 aromatic heterocycles. The van der Waals surface area contributed by atoms with E-state index in [1.807, 2.05) is 34.1 Å². The standard InChI is InChI=1S/C28H36N2O3/c1-33-26-6-4-5-25(20-26)21-28(32)30-17-13-24(14-18-30)19-23-9-7-22(8-10-23)11-12-27(31)29-15-2-3-16-29/h4-10,20,24H,2-3,11-19,21H2,1H3. The van der Waals surface area contributed by atoms with Gasteiger partial charge in [-0.15, -0.1) is 0 Å². The molecule has 2 saturated heterocycles. The van der Waals surface area contributed by atoms with Gasteiger partial charge in [0, 0.05) is 32.6 Å². The third-order valence-electron chi connectivity index (χ3n) is 7.09. The number of piperidine rings is 1. The molecule has 5 heteroatoms. The van der Waals surface area contributed by atoms with E-state index >= 15 is 0 Å². The lowest BCUT2D eigenvalue weighted by Crippen LogP contribution is -2.39. The summed E-state index contributed by atoms with van der Waals surface area (Å²) in [4.78, 5) is 29.0. The molecular formula is C28H36N2O3. The van der Waals surface area contributed by atoms with Crippen LogP contribution in [0.2, 0.25) is 0 Å². The Labute approximate surface area is 197 Å². The molecule has 2 fully saturated rings. The number of ether oxygens (including phenoxy) is 1. The molecule has 0 atom stereocenters. The van der Waals surface area contributed by atoms with E-state index < -0.39 is 0 Å². The van der Waals surface area contributed by atoms with Crippen LogP contribution in [0.15, 0.2) is 48.5 Å². The molecule has 0 saturated carbocycles. The molecule has 2 heterocycles. The molecule has 0 unspecified atom stereocenters. The third-order valence-corrected chi connectivity index (χ3v) is 7.09. The molecule has 2 aliphatic rings. The number of amides is 2. The van der Waals surface area contributed by atoms with Crippen LogP contribution in [0, 0.1) is 5.92 Å². The van der Waals surface area contributed by atoms with Crippen LogP contribution in [0.5, 0.6) is 5.75 Å². The number of rotatable bonds is 8. The maximum atomic E-state index is 12.7. The summed E-state index contributed by atoms with van der Waals surface area (Å²) in [5.41, 5.74) is 3.60. The molecule has 2 aromatic rings. The number of benzene rings is 2. The monoisotopic (exact) mass is 448 g/mol. The average Bonchev–Trinajstić information content (AvgIpc) is 3.39. The molecular weight excluding hydrogens is 412 g/mol. The van der Waals surface area contributed by atoms with Crippen LogP contribution in [-0.2, 0) is 28.9 Å². The zero-order valence-electron chi connectivity index (χ0n) is 19.8. The van der Waals surface area contributed by atoms with Gasteiger partial charge < -0.3 is 14.5 Å². The van der Waals surface area contributed by atoms with Crippen molar-refractivity contribution in [1.29, 1.82) is 0 Å². The number of methoxy groups -OCH3 is 1. The highest BCUT2D eigenvalue weighted by atomic mass is 16.5. The van der Waals surface area contributed by atoms with Crippen molar-refractivity contribution in [3.8, 4) is 5.75 Å². The van der Waals surface area contributed by atoms with Gasteiger partial charge in [-0.05, 0) is 73.3 Å². The largest absolute Gasteiger partial charge is 0.497 e. The first kappa shape index (κ1) is 23.3. The van der Waals surface area contributed by atoms with Crippen molar-refractivity contribution >= 4 is 11.8 Å². The second-order valence-electron chi connectivity index (χ2n) is 9.46. The number of hydrogen-bond acceptors (Lipinski definition) is 3. The highest BCUT2D eigenvalue weighted by Gasteiger charge is 2.23. The van der Waals surface area contributed by atoms with Gasteiger partial charge in [0.2, 0.25) is 11.8 Å². The van der Waals surface area contributed by atoms with Crippen LogP contribution in [0.1, 0.15) is 48.8 Å². The molecule has 0 spiro atoms. The van der Waals surface area contributed by atoms with Crippen molar-refractivity contribution in [3.63, 3.8) is 0 Å². The molecule has 176 valence electrons.